The molecule has 4 nitrogen and oxygen atoms in total. The molecule has 120 valence electrons. The van der Waals surface area contributed by atoms with Crippen molar-refractivity contribution >= 4 is 40.0 Å². The zero-order valence-corrected chi connectivity index (χ0v) is 14.7. The second-order valence-electron chi connectivity index (χ2n) is 5.37. The molecule has 23 heavy (non-hydrogen) atoms. The average Bonchev–Trinajstić information content (AvgIpc) is 2.55. The summed E-state index contributed by atoms with van der Waals surface area (Å²) in [5, 5.41) is 2.91. The number of amides is 2. The van der Waals surface area contributed by atoms with Crippen LogP contribution in [0.1, 0.15) is 0 Å². The molecule has 3 rings (SSSR count). The third kappa shape index (κ3) is 3.93. The van der Waals surface area contributed by atoms with E-state index in [-0.39, 0.29) is 11.8 Å². The molecule has 0 spiro atoms. The number of nitrogens with one attached hydrogen (secondary N) is 1. The molecule has 1 aliphatic heterocycles. The number of carbonyl (C=O) groups is 1. The fourth-order valence-electron chi connectivity index (χ4n) is 2.63. The molecule has 0 saturated carbocycles. The molecule has 2 aromatic carbocycles. The van der Waals surface area contributed by atoms with Crippen molar-refractivity contribution in [2.24, 2.45) is 0 Å². The largest absolute Gasteiger partial charge is 0.366 e. The third-order valence-electron chi connectivity index (χ3n) is 3.84. The second kappa shape index (κ2) is 7.16. The number of urea groups is 1. The van der Waals surface area contributed by atoms with Gasteiger partial charge in [-0.25, -0.2) is 9.18 Å². The molecule has 0 bridgehead atoms. The maximum atomic E-state index is 13.8. The summed E-state index contributed by atoms with van der Waals surface area (Å²) in [6.07, 6.45) is 0. The van der Waals surface area contributed by atoms with Gasteiger partial charge in [0.05, 0.1) is 5.69 Å². The molecular weight excluding hydrogens is 408 g/mol. The van der Waals surface area contributed by atoms with Crippen LogP contribution in [0.2, 0.25) is 0 Å². The fourth-order valence-corrected chi connectivity index (χ4v) is 3.17. The number of rotatable bonds is 2. The van der Waals surface area contributed by atoms with Crippen LogP contribution >= 0.6 is 22.6 Å². The molecule has 0 atom stereocenters. The third-order valence-corrected chi connectivity index (χ3v) is 4.51. The van der Waals surface area contributed by atoms with Gasteiger partial charge in [-0.3, -0.25) is 0 Å². The van der Waals surface area contributed by atoms with Crippen molar-refractivity contribution in [2.75, 3.05) is 36.4 Å². The molecule has 0 unspecified atom stereocenters. The summed E-state index contributed by atoms with van der Waals surface area (Å²) in [5.74, 6) is -0.218. The Morgan fingerprint density at radius 1 is 1.04 bits per heavy atom. The number of nitrogens with zero attached hydrogens (tertiary/aromatic N) is 2. The average molecular weight is 425 g/mol. The maximum absolute atomic E-state index is 13.8. The van der Waals surface area contributed by atoms with Crippen LogP contribution in [0.4, 0.5) is 20.6 Å². The van der Waals surface area contributed by atoms with Gasteiger partial charge in [-0.2, -0.15) is 0 Å². The lowest BCUT2D eigenvalue weighted by atomic mass is 10.2. The predicted octanol–water partition coefficient (Wildman–Crippen LogP) is 3.78. The molecular formula is C17H17FIN3O. The first-order valence-electron chi connectivity index (χ1n) is 7.44. The van der Waals surface area contributed by atoms with Crippen LogP contribution in [0.15, 0.2) is 48.5 Å². The van der Waals surface area contributed by atoms with Gasteiger partial charge in [0.2, 0.25) is 0 Å². The van der Waals surface area contributed by atoms with Crippen LogP contribution < -0.4 is 10.2 Å². The van der Waals surface area contributed by atoms with Crippen molar-refractivity contribution < 1.29 is 9.18 Å². The highest BCUT2D eigenvalue weighted by atomic mass is 127. The highest BCUT2D eigenvalue weighted by Gasteiger charge is 2.22. The van der Waals surface area contributed by atoms with E-state index in [1.54, 1.807) is 17.0 Å². The van der Waals surface area contributed by atoms with Gasteiger partial charge >= 0.3 is 6.03 Å². The Hall–Kier alpha value is -1.83. The van der Waals surface area contributed by atoms with E-state index in [9.17, 15) is 9.18 Å². The predicted molar refractivity (Wildman–Crippen MR) is 98.4 cm³/mol. The van der Waals surface area contributed by atoms with E-state index < -0.39 is 0 Å². The number of para-hydroxylation sites is 1. The summed E-state index contributed by atoms with van der Waals surface area (Å²) in [6.45, 7) is 2.40. The first-order valence-corrected chi connectivity index (χ1v) is 8.52. The van der Waals surface area contributed by atoms with Crippen molar-refractivity contribution in [2.45, 2.75) is 0 Å². The van der Waals surface area contributed by atoms with Crippen LogP contribution in [0.5, 0.6) is 0 Å². The SMILES string of the molecule is O=C(Nc1cccc(I)c1)N1CCN(c2ccccc2F)CC1. The minimum absolute atomic E-state index is 0.111. The Morgan fingerprint density at radius 3 is 2.48 bits per heavy atom. The zero-order valence-electron chi connectivity index (χ0n) is 12.5. The van der Waals surface area contributed by atoms with E-state index in [1.807, 2.05) is 35.2 Å². The normalized spacial score (nSPS) is 14.7. The van der Waals surface area contributed by atoms with Crippen LogP contribution in [-0.4, -0.2) is 37.1 Å². The minimum atomic E-state index is -0.218. The molecule has 2 amide bonds. The quantitative estimate of drug-likeness (QED) is 0.744. The molecule has 1 fully saturated rings. The van der Waals surface area contributed by atoms with Crippen LogP contribution in [0.3, 0.4) is 0 Å². The van der Waals surface area contributed by atoms with Gasteiger partial charge in [0.25, 0.3) is 0 Å². The number of halogens is 2. The maximum Gasteiger partial charge on any atom is 0.321 e. The van der Waals surface area contributed by atoms with E-state index in [0.29, 0.717) is 31.9 Å². The summed E-state index contributed by atoms with van der Waals surface area (Å²) in [6, 6.07) is 14.3. The zero-order chi connectivity index (χ0) is 16.2. The summed E-state index contributed by atoms with van der Waals surface area (Å²) in [4.78, 5) is 16.0. The van der Waals surface area contributed by atoms with Crippen molar-refractivity contribution in [3.63, 3.8) is 0 Å². The standard InChI is InChI=1S/C17H17FIN3O/c18-15-6-1-2-7-16(15)21-8-10-22(11-9-21)17(23)20-14-5-3-4-13(19)12-14/h1-7,12H,8-11H2,(H,20,23). The van der Waals surface area contributed by atoms with Crippen LogP contribution in [-0.2, 0) is 0 Å². The van der Waals surface area contributed by atoms with Crippen molar-refractivity contribution in [1.29, 1.82) is 0 Å². The number of piperazine rings is 1. The van der Waals surface area contributed by atoms with Crippen molar-refractivity contribution in [3.8, 4) is 0 Å². The Labute approximate surface area is 148 Å². The summed E-state index contributed by atoms with van der Waals surface area (Å²) < 4.78 is 14.9. The molecule has 6 heteroatoms. The Morgan fingerprint density at radius 2 is 1.78 bits per heavy atom. The van der Waals surface area contributed by atoms with E-state index in [2.05, 4.69) is 27.9 Å². The van der Waals surface area contributed by atoms with E-state index in [0.717, 1.165) is 9.26 Å². The molecule has 0 aromatic heterocycles. The summed E-state index contributed by atoms with van der Waals surface area (Å²) >= 11 is 2.21. The number of hydrogen-bond donors (Lipinski definition) is 1. The highest BCUT2D eigenvalue weighted by Crippen LogP contribution is 2.20. The van der Waals surface area contributed by atoms with Crippen LogP contribution in [0, 0.1) is 9.39 Å². The van der Waals surface area contributed by atoms with E-state index >= 15 is 0 Å². The molecule has 1 heterocycles. The first-order chi connectivity index (χ1) is 11.1. The van der Waals surface area contributed by atoms with Gasteiger partial charge in [0, 0.05) is 35.4 Å². The van der Waals surface area contributed by atoms with Gasteiger partial charge in [-0.1, -0.05) is 18.2 Å². The topological polar surface area (TPSA) is 35.6 Å². The highest BCUT2D eigenvalue weighted by molar-refractivity contribution is 14.1. The van der Waals surface area contributed by atoms with Gasteiger partial charge < -0.3 is 15.1 Å². The molecule has 1 saturated heterocycles. The summed E-state index contributed by atoms with van der Waals surface area (Å²) in [5.41, 5.74) is 1.39. The number of benzene rings is 2. The molecule has 2 aromatic rings. The Bertz CT molecular complexity index is 702. The fraction of sp³-hybridized carbons (Fsp3) is 0.235. The van der Waals surface area contributed by atoms with Gasteiger partial charge in [0.1, 0.15) is 5.82 Å². The van der Waals surface area contributed by atoms with E-state index in [4.69, 9.17) is 0 Å². The van der Waals surface area contributed by atoms with Crippen molar-refractivity contribution in [3.05, 3.63) is 57.9 Å². The minimum Gasteiger partial charge on any atom is -0.366 e. The monoisotopic (exact) mass is 425 g/mol. The number of anilines is 2. The smallest absolute Gasteiger partial charge is 0.321 e. The van der Waals surface area contributed by atoms with E-state index in [1.165, 1.54) is 6.07 Å². The van der Waals surface area contributed by atoms with Gasteiger partial charge in [-0.15, -0.1) is 0 Å². The lowest BCUT2D eigenvalue weighted by Gasteiger charge is -2.36. The number of carbonyl (C=O) groups excluding carboxylic acids is 1. The molecule has 1 aliphatic rings. The lowest BCUT2D eigenvalue weighted by Crippen LogP contribution is -2.50. The van der Waals surface area contributed by atoms with Gasteiger partial charge in [-0.05, 0) is 52.9 Å². The molecule has 0 radical (unpaired) electrons. The second-order valence-corrected chi connectivity index (χ2v) is 6.61. The molecule has 1 N–H and O–H groups in total. The van der Waals surface area contributed by atoms with Crippen LogP contribution in [0.25, 0.3) is 0 Å². The number of hydrogen-bond acceptors (Lipinski definition) is 2. The molecule has 0 aliphatic carbocycles. The lowest BCUT2D eigenvalue weighted by molar-refractivity contribution is 0.208. The first kappa shape index (κ1) is 16.0. The Kier molecular flexibility index (Phi) is 5.00. The summed E-state index contributed by atoms with van der Waals surface area (Å²) in [7, 11) is 0. The Balaban J connectivity index is 1.58. The van der Waals surface area contributed by atoms with Crippen molar-refractivity contribution in [1.82, 2.24) is 4.90 Å². The van der Waals surface area contributed by atoms with Gasteiger partial charge in [0.15, 0.2) is 0 Å².